The Morgan fingerprint density at radius 3 is 2.47 bits per heavy atom. The van der Waals surface area contributed by atoms with Gasteiger partial charge in [0.1, 0.15) is 5.76 Å². The molecule has 1 aliphatic carbocycles. The number of para-hydroxylation sites is 1. The molecule has 11 heteroatoms. The number of hydrogen-bond donors (Lipinski definition) is 2. The second-order valence-corrected chi connectivity index (χ2v) is 11.5. The van der Waals surface area contributed by atoms with E-state index < -0.39 is 27.5 Å². The van der Waals surface area contributed by atoms with Gasteiger partial charge in [0.25, 0.3) is 15.2 Å². The van der Waals surface area contributed by atoms with E-state index in [2.05, 4.69) is 20.2 Å². The highest BCUT2D eigenvalue weighted by molar-refractivity contribution is 7.92. The zero-order chi connectivity index (χ0) is 26.9. The summed E-state index contributed by atoms with van der Waals surface area (Å²) in [6.45, 7) is 4.00. The normalized spacial score (nSPS) is 17.9. The topological polar surface area (TPSA) is 136 Å². The number of hydrogen-bond acceptors (Lipinski definition) is 8. The second kappa shape index (κ2) is 10.2. The smallest absolute Gasteiger partial charge is 0.339 e. The Labute approximate surface area is 221 Å². The number of sulfonamides is 1. The molecule has 2 aliphatic rings. The lowest BCUT2D eigenvalue weighted by Crippen LogP contribution is -2.31. The summed E-state index contributed by atoms with van der Waals surface area (Å²) in [7, 11) is -4.15. The van der Waals surface area contributed by atoms with E-state index in [9.17, 15) is 18.3 Å². The Morgan fingerprint density at radius 1 is 1.11 bits per heavy atom. The van der Waals surface area contributed by atoms with E-state index in [1.807, 2.05) is 26.0 Å². The number of ether oxygens (including phenoxy) is 1. The molecule has 38 heavy (non-hydrogen) atoms. The Hall–Kier alpha value is -3.73. The van der Waals surface area contributed by atoms with Crippen LogP contribution in [0.4, 0.5) is 5.69 Å². The van der Waals surface area contributed by atoms with Crippen molar-refractivity contribution in [3.8, 4) is 5.69 Å². The monoisotopic (exact) mass is 537 g/mol. The Kier molecular flexibility index (Phi) is 6.95. The zero-order valence-corrected chi connectivity index (χ0v) is 22.2. The zero-order valence-electron chi connectivity index (χ0n) is 21.4. The van der Waals surface area contributed by atoms with E-state index in [4.69, 9.17) is 4.74 Å². The number of nitrogens with zero attached hydrogens (tertiary/aromatic N) is 4. The quantitative estimate of drug-likeness (QED) is 0.337. The molecule has 0 spiro atoms. The van der Waals surface area contributed by atoms with Gasteiger partial charge in [-0.05, 0) is 71.9 Å². The minimum Gasteiger partial charge on any atom is -0.507 e. The van der Waals surface area contributed by atoms with Crippen LogP contribution >= 0.6 is 0 Å². The fourth-order valence-electron chi connectivity index (χ4n) is 5.35. The number of tetrazole rings is 1. The van der Waals surface area contributed by atoms with Crippen molar-refractivity contribution in [1.82, 2.24) is 20.2 Å². The van der Waals surface area contributed by atoms with Crippen LogP contribution in [-0.2, 0) is 19.6 Å². The second-order valence-electron chi connectivity index (χ2n) is 9.90. The molecule has 2 heterocycles. The van der Waals surface area contributed by atoms with E-state index in [1.165, 1.54) is 0 Å². The summed E-state index contributed by atoms with van der Waals surface area (Å²) in [6.07, 6.45) is 4.44. The first-order valence-electron chi connectivity index (χ1n) is 12.9. The van der Waals surface area contributed by atoms with Crippen LogP contribution in [0.15, 0.2) is 71.1 Å². The fourth-order valence-corrected chi connectivity index (χ4v) is 6.39. The summed E-state index contributed by atoms with van der Waals surface area (Å²) in [6, 6.07) is 15.6. The molecule has 1 unspecified atom stereocenters. The number of nitrogens with one attached hydrogen (secondary N) is 1. The minimum absolute atomic E-state index is 0.0242. The van der Waals surface area contributed by atoms with Crippen molar-refractivity contribution < 1.29 is 23.1 Å². The van der Waals surface area contributed by atoms with Gasteiger partial charge in [-0.1, -0.05) is 62.1 Å². The van der Waals surface area contributed by atoms with Crippen molar-refractivity contribution in [1.29, 1.82) is 0 Å². The molecule has 0 radical (unpaired) electrons. The number of aliphatic hydroxyl groups is 1. The lowest BCUT2D eigenvalue weighted by atomic mass is 9.82. The Morgan fingerprint density at radius 2 is 1.82 bits per heavy atom. The predicted molar refractivity (Wildman–Crippen MR) is 140 cm³/mol. The lowest BCUT2D eigenvalue weighted by Gasteiger charge is -2.27. The number of cyclic esters (lactones) is 1. The number of carbonyl (C=O) groups excluding carboxylic acids is 1. The van der Waals surface area contributed by atoms with Crippen molar-refractivity contribution >= 4 is 21.7 Å². The molecule has 200 valence electrons. The summed E-state index contributed by atoms with van der Waals surface area (Å²) in [5.41, 5.74) is 0.845. The number of aromatic nitrogens is 4. The van der Waals surface area contributed by atoms with Crippen molar-refractivity contribution in [2.45, 2.75) is 69.0 Å². The van der Waals surface area contributed by atoms with E-state index in [-0.39, 0.29) is 16.8 Å². The van der Waals surface area contributed by atoms with Gasteiger partial charge >= 0.3 is 5.97 Å². The minimum atomic E-state index is -4.15. The highest BCUT2D eigenvalue weighted by atomic mass is 32.2. The molecule has 1 atom stereocenters. The maximum atomic E-state index is 13.3. The van der Waals surface area contributed by atoms with Crippen LogP contribution in [0.25, 0.3) is 5.69 Å². The number of carbonyl (C=O) groups is 1. The van der Waals surface area contributed by atoms with Crippen molar-refractivity contribution in [2.75, 3.05) is 4.72 Å². The molecular formula is C27H31N5O5S. The molecule has 1 fully saturated rings. The molecule has 2 aromatic carbocycles. The highest BCUT2D eigenvalue weighted by Gasteiger charge is 2.51. The van der Waals surface area contributed by atoms with E-state index >= 15 is 0 Å². The van der Waals surface area contributed by atoms with Gasteiger partial charge in [0.15, 0.2) is 5.60 Å². The highest BCUT2D eigenvalue weighted by Crippen LogP contribution is 2.52. The SMILES string of the molecule is CCCC1(CCC)OC(=O)C(C(c2cccc(NS(=O)(=O)c3nnnn3-c3ccccc3)c2)C2CC2)=C1O. The van der Waals surface area contributed by atoms with Gasteiger partial charge in [-0.15, -0.1) is 0 Å². The van der Waals surface area contributed by atoms with Crippen LogP contribution in [-0.4, -0.2) is 45.3 Å². The first-order valence-corrected chi connectivity index (χ1v) is 14.4. The number of anilines is 1. The number of aliphatic hydroxyl groups excluding tert-OH is 1. The van der Waals surface area contributed by atoms with E-state index in [0.717, 1.165) is 35.9 Å². The van der Waals surface area contributed by atoms with E-state index in [0.29, 0.717) is 29.8 Å². The van der Waals surface area contributed by atoms with Gasteiger partial charge in [0.2, 0.25) is 0 Å². The summed E-state index contributed by atoms with van der Waals surface area (Å²) in [5.74, 6) is -0.696. The Bertz CT molecular complexity index is 1460. The lowest BCUT2D eigenvalue weighted by molar-refractivity contribution is -0.149. The average Bonchev–Trinajstić information content (AvgIpc) is 3.54. The Balaban J connectivity index is 1.48. The number of benzene rings is 2. The first-order chi connectivity index (χ1) is 18.3. The molecule has 5 rings (SSSR count). The summed E-state index contributed by atoms with van der Waals surface area (Å²) in [5, 5.41) is 22.1. The number of rotatable bonds is 11. The molecule has 1 aliphatic heterocycles. The third-order valence-corrected chi connectivity index (χ3v) is 8.33. The number of esters is 1. The van der Waals surface area contributed by atoms with E-state index in [1.54, 1.807) is 42.5 Å². The first kappa shape index (κ1) is 25.9. The van der Waals surface area contributed by atoms with Crippen molar-refractivity contribution in [3.63, 3.8) is 0 Å². The van der Waals surface area contributed by atoms with Crippen LogP contribution in [0.5, 0.6) is 0 Å². The van der Waals surface area contributed by atoms with Crippen LogP contribution in [0.1, 0.15) is 63.9 Å². The molecule has 0 saturated heterocycles. The third kappa shape index (κ3) is 4.78. The molecule has 1 aromatic heterocycles. The largest absolute Gasteiger partial charge is 0.507 e. The van der Waals surface area contributed by atoms with Gasteiger partial charge in [-0.3, -0.25) is 4.72 Å². The molecule has 3 aromatic rings. The predicted octanol–water partition coefficient (Wildman–Crippen LogP) is 4.66. The average molecular weight is 538 g/mol. The van der Waals surface area contributed by atoms with Crippen LogP contribution in [0, 0.1) is 5.92 Å². The van der Waals surface area contributed by atoms with Crippen molar-refractivity contribution in [2.24, 2.45) is 5.92 Å². The van der Waals surface area contributed by atoms with Gasteiger partial charge in [0.05, 0.1) is 11.3 Å². The molecule has 1 saturated carbocycles. The summed E-state index contributed by atoms with van der Waals surface area (Å²) >= 11 is 0. The summed E-state index contributed by atoms with van der Waals surface area (Å²) < 4.78 is 36.1. The van der Waals surface area contributed by atoms with Gasteiger partial charge < -0.3 is 9.84 Å². The van der Waals surface area contributed by atoms with Gasteiger partial charge in [0, 0.05) is 11.6 Å². The third-order valence-electron chi connectivity index (χ3n) is 7.09. The van der Waals surface area contributed by atoms with Crippen LogP contribution in [0.2, 0.25) is 0 Å². The fraction of sp³-hybridized carbons (Fsp3) is 0.407. The van der Waals surface area contributed by atoms with Gasteiger partial charge in [-0.2, -0.15) is 13.1 Å². The standard InChI is InChI=1S/C27H31N5O5S/c1-3-15-27(16-4-2)24(33)23(25(34)37-27)22(18-13-14-18)19-9-8-10-20(17-19)29-38(35,36)26-28-30-31-32(26)21-11-6-5-7-12-21/h5-12,17-18,22,29,33H,3-4,13-16H2,1-2H3. The molecule has 10 nitrogen and oxygen atoms in total. The van der Waals surface area contributed by atoms with Crippen LogP contribution in [0.3, 0.4) is 0 Å². The van der Waals surface area contributed by atoms with Crippen molar-refractivity contribution in [3.05, 3.63) is 71.5 Å². The van der Waals surface area contributed by atoms with Gasteiger partial charge in [-0.25, -0.2) is 4.79 Å². The maximum absolute atomic E-state index is 13.3. The maximum Gasteiger partial charge on any atom is 0.339 e. The summed E-state index contributed by atoms with van der Waals surface area (Å²) in [4.78, 5) is 13.2. The van der Waals surface area contributed by atoms with Crippen LogP contribution < -0.4 is 4.72 Å². The molecule has 0 amide bonds. The molecule has 2 N–H and O–H groups in total. The molecule has 0 bridgehead atoms. The molecular weight excluding hydrogens is 506 g/mol.